The van der Waals surface area contributed by atoms with Gasteiger partial charge in [0.25, 0.3) is 5.91 Å². The lowest BCUT2D eigenvalue weighted by Crippen LogP contribution is -2.16. The third kappa shape index (κ3) is 3.70. The number of aryl methyl sites for hydroxylation is 1. The van der Waals surface area contributed by atoms with Crippen molar-refractivity contribution in [1.29, 1.82) is 0 Å². The molecule has 31 heavy (non-hydrogen) atoms. The minimum absolute atomic E-state index is 0.199. The summed E-state index contributed by atoms with van der Waals surface area (Å²) >= 11 is 0. The van der Waals surface area contributed by atoms with E-state index in [1.54, 1.807) is 24.4 Å². The first kappa shape index (κ1) is 19.1. The number of anilines is 1. The van der Waals surface area contributed by atoms with E-state index in [0.717, 1.165) is 35.5 Å². The molecule has 4 aromatic rings. The molecule has 0 saturated heterocycles. The van der Waals surface area contributed by atoms with E-state index in [9.17, 15) is 4.79 Å². The van der Waals surface area contributed by atoms with E-state index in [-0.39, 0.29) is 5.91 Å². The third-order valence-corrected chi connectivity index (χ3v) is 5.13. The van der Waals surface area contributed by atoms with E-state index < -0.39 is 0 Å². The Balaban J connectivity index is 1.45. The molecule has 0 radical (unpaired) electrons. The maximum Gasteiger partial charge on any atom is 0.255 e. The zero-order valence-electron chi connectivity index (χ0n) is 17.2. The average Bonchev–Trinajstić information content (AvgIpc) is 3.18. The number of imidazole rings is 1. The Labute approximate surface area is 179 Å². The van der Waals surface area contributed by atoms with E-state index >= 15 is 0 Å². The fourth-order valence-electron chi connectivity index (χ4n) is 3.74. The van der Waals surface area contributed by atoms with Crippen LogP contribution in [-0.4, -0.2) is 33.7 Å². The molecule has 0 saturated carbocycles. The quantitative estimate of drug-likeness (QED) is 0.519. The number of benzene rings is 2. The predicted octanol–water partition coefficient (Wildman–Crippen LogP) is 4.53. The molecular formula is C24H22N4O3. The van der Waals surface area contributed by atoms with Gasteiger partial charge in [0, 0.05) is 35.6 Å². The number of nitrogens with one attached hydrogen (secondary N) is 1. The summed E-state index contributed by atoms with van der Waals surface area (Å²) in [7, 11) is 0. The van der Waals surface area contributed by atoms with Gasteiger partial charge in [0.1, 0.15) is 24.6 Å². The first-order chi connectivity index (χ1) is 15.2. The predicted molar refractivity (Wildman–Crippen MR) is 119 cm³/mol. The highest BCUT2D eigenvalue weighted by Gasteiger charge is 2.16. The standard InChI is InChI=1S/C24H22N4O3/c1-2-11-28-22(27-19-7-4-10-25-23(19)28)16-5-3-6-17(14-16)24(29)26-18-8-9-20-21(15-18)31-13-12-30-20/h3-10,14-15H,2,11-13H2,1H3,(H,26,29). The Morgan fingerprint density at radius 1 is 1.06 bits per heavy atom. The van der Waals surface area contributed by atoms with Gasteiger partial charge in [-0.25, -0.2) is 9.97 Å². The van der Waals surface area contributed by atoms with Gasteiger partial charge < -0.3 is 19.4 Å². The first-order valence-corrected chi connectivity index (χ1v) is 10.4. The lowest BCUT2D eigenvalue weighted by molar-refractivity contribution is 0.102. The molecule has 156 valence electrons. The van der Waals surface area contributed by atoms with Crippen molar-refractivity contribution in [3.05, 3.63) is 66.4 Å². The molecule has 2 aromatic carbocycles. The van der Waals surface area contributed by atoms with Crippen LogP contribution < -0.4 is 14.8 Å². The van der Waals surface area contributed by atoms with Crippen LogP contribution in [0.4, 0.5) is 5.69 Å². The van der Waals surface area contributed by atoms with Crippen LogP contribution in [0.25, 0.3) is 22.6 Å². The highest BCUT2D eigenvalue weighted by Crippen LogP contribution is 2.33. The second-order valence-electron chi connectivity index (χ2n) is 7.33. The van der Waals surface area contributed by atoms with Crippen LogP contribution in [0.5, 0.6) is 11.5 Å². The van der Waals surface area contributed by atoms with Gasteiger partial charge in [-0.3, -0.25) is 4.79 Å². The number of rotatable bonds is 5. The summed E-state index contributed by atoms with van der Waals surface area (Å²) in [6.45, 7) is 3.95. The molecular weight excluding hydrogens is 392 g/mol. The number of carbonyl (C=O) groups is 1. The SMILES string of the molecule is CCCn1c(-c2cccc(C(=O)Nc3ccc4c(c3)OCCO4)c2)nc2cccnc21. The summed E-state index contributed by atoms with van der Waals surface area (Å²) in [4.78, 5) is 22.2. The summed E-state index contributed by atoms with van der Waals surface area (Å²) in [5, 5.41) is 2.94. The smallest absolute Gasteiger partial charge is 0.255 e. The Hall–Kier alpha value is -3.87. The van der Waals surface area contributed by atoms with Crippen LogP contribution in [0.2, 0.25) is 0 Å². The number of aromatic nitrogens is 3. The zero-order chi connectivity index (χ0) is 21.2. The molecule has 1 N–H and O–H groups in total. The van der Waals surface area contributed by atoms with E-state index in [4.69, 9.17) is 14.5 Å². The number of fused-ring (bicyclic) bond motifs is 2. The molecule has 0 bridgehead atoms. The van der Waals surface area contributed by atoms with Crippen LogP contribution in [0.3, 0.4) is 0 Å². The summed E-state index contributed by atoms with van der Waals surface area (Å²) in [5.41, 5.74) is 3.78. The van der Waals surface area contributed by atoms with Crippen molar-refractivity contribution < 1.29 is 14.3 Å². The van der Waals surface area contributed by atoms with Crippen molar-refractivity contribution in [2.24, 2.45) is 0 Å². The normalized spacial score (nSPS) is 12.7. The van der Waals surface area contributed by atoms with E-state index in [1.165, 1.54) is 0 Å². The Kier molecular flexibility index (Phi) is 5.00. The molecule has 0 aliphatic carbocycles. The molecule has 0 unspecified atom stereocenters. The molecule has 3 heterocycles. The minimum atomic E-state index is -0.199. The number of nitrogens with zero attached hydrogens (tertiary/aromatic N) is 3. The van der Waals surface area contributed by atoms with Crippen molar-refractivity contribution in [3.63, 3.8) is 0 Å². The number of ether oxygens (including phenoxy) is 2. The van der Waals surface area contributed by atoms with Gasteiger partial charge in [-0.2, -0.15) is 0 Å². The van der Waals surface area contributed by atoms with Gasteiger partial charge in [-0.05, 0) is 42.8 Å². The van der Waals surface area contributed by atoms with Gasteiger partial charge >= 0.3 is 0 Å². The topological polar surface area (TPSA) is 78.3 Å². The number of amides is 1. The molecule has 0 fully saturated rings. The van der Waals surface area contributed by atoms with Crippen molar-refractivity contribution in [2.45, 2.75) is 19.9 Å². The monoisotopic (exact) mass is 414 g/mol. The van der Waals surface area contributed by atoms with Crippen LogP contribution in [-0.2, 0) is 6.54 Å². The summed E-state index contributed by atoms with van der Waals surface area (Å²) in [5.74, 6) is 1.94. The number of carbonyl (C=O) groups excluding carboxylic acids is 1. The maximum absolute atomic E-state index is 12.9. The summed E-state index contributed by atoms with van der Waals surface area (Å²) < 4.78 is 13.2. The molecule has 1 amide bonds. The average molecular weight is 414 g/mol. The van der Waals surface area contributed by atoms with E-state index in [1.807, 2.05) is 36.4 Å². The van der Waals surface area contributed by atoms with Gasteiger partial charge in [-0.15, -0.1) is 0 Å². The largest absolute Gasteiger partial charge is 0.486 e. The van der Waals surface area contributed by atoms with Gasteiger partial charge in [0.2, 0.25) is 0 Å². The second kappa shape index (κ2) is 8.10. The first-order valence-electron chi connectivity index (χ1n) is 10.4. The molecule has 2 aromatic heterocycles. The minimum Gasteiger partial charge on any atom is -0.486 e. The van der Waals surface area contributed by atoms with Gasteiger partial charge in [-0.1, -0.05) is 19.1 Å². The van der Waals surface area contributed by atoms with Crippen LogP contribution in [0, 0.1) is 0 Å². The summed E-state index contributed by atoms with van der Waals surface area (Å²) in [6, 6.07) is 16.7. The van der Waals surface area contributed by atoms with Crippen LogP contribution in [0.15, 0.2) is 60.8 Å². The molecule has 5 rings (SSSR count). The van der Waals surface area contributed by atoms with Crippen molar-refractivity contribution >= 4 is 22.8 Å². The van der Waals surface area contributed by atoms with Crippen molar-refractivity contribution in [1.82, 2.24) is 14.5 Å². The van der Waals surface area contributed by atoms with Crippen LogP contribution in [0.1, 0.15) is 23.7 Å². The number of hydrogen-bond donors (Lipinski definition) is 1. The van der Waals surface area contributed by atoms with Gasteiger partial charge in [0.05, 0.1) is 0 Å². The second-order valence-corrected chi connectivity index (χ2v) is 7.33. The fraction of sp³-hybridized carbons (Fsp3) is 0.208. The highest BCUT2D eigenvalue weighted by atomic mass is 16.6. The number of hydrogen-bond acceptors (Lipinski definition) is 5. The fourth-order valence-corrected chi connectivity index (χ4v) is 3.74. The van der Waals surface area contributed by atoms with Gasteiger partial charge in [0.15, 0.2) is 17.1 Å². The van der Waals surface area contributed by atoms with E-state index in [2.05, 4.69) is 21.8 Å². The Morgan fingerprint density at radius 2 is 1.94 bits per heavy atom. The Morgan fingerprint density at radius 3 is 2.81 bits per heavy atom. The maximum atomic E-state index is 12.9. The third-order valence-electron chi connectivity index (χ3n) is 5.13. The molecule has 1 aliphatic heterocycles. The van der Waals surface area contributed by atoms with E-state index in [0.29, 0.717) is 36.0 Å². The highest BCUT2D eigenvalue weighted by molar-refractivity contribution is 6.05. The van der Waals surface area contributed by atoms with Crippen LogP contribution >= 0.6 is 0 Å². The molecule has 1 aliphatic rings. The lowest BCUT2D eigenvalue weighted by Gasteiger charge is -2.19. The molecule has 0 spiro atoms. The van der Waals surface area contributed by atoms with Crippen molar-refractivity contribution in [3.8, 4) is 22.9 Å². The molecule has 0 atom stereocenters. The Bertz CT molecular complexity index is 1260. The zero-order valence-corrected chi connectivity index (χ0v) is 17.2. The molecule has 7 nitrogen and oxygen atoms in total. The number of pyridine rings is 1. The van der Waals surface area contributed by atoms with Crippen molar-refractivity contribution in [2.75, 3.05) is 18.5 Å². The molecule has 7 heteroatoms. The summed E-state index contributed by atoms with van der Waals surface area (Å²) in [6.07, 6.45) is 2.73. The lowest BCUT2D eigenvalue weighted by atomic mass is 10.1.